The first-order chi connectivity index (χ1) is 12.0. The van der Waals surface area contributed by atoms with Crippen LogP contribution in [0.15, 0.2) is 41.4 Å². The molecule has 0 spiro atoms. The van der Waals surface area contributed by atoms with Crippen LogP contribution >= 0.6 is 11.6 Å². The summed E-state index contributed by atoms with van der Waals surface area (Å²) in [6, 6.07) is 9.90. The number of guanidine groups is 1. The Bertz CT molecular complexity index is 793. The standard InChI is InChI=1S/C18H19ClFN3O2/c1-24-10-6-7-16(25-2)15(8-10)23-18(21)22-14-9-11(14)17-12(19)4-3-5-13(17)20/h3-8,11,14H,9H2,1-2H3,(H3,21,22,23). The molecule has 7 heteroatoms. The van der Waals surface area contributed by atoms with Crippen molar-refractivity contribution in [3.05, 3.63) is 52.8 Å². The largest absolute Gasteiger partial charge is 0.497 e. The second-order valence-electron chi connectivity index (χ2n) is 5.75. The number of nitrogens with two attached hydrogens (primary N) is 1. The molecule has 3 N–H and O–H groups in total. The number of aliphatic imine (C=N–C) groups is 1. The maximum absolute atomic E-state index is 14.0. The van der Waals surface area contributed by atoms with Gasteiger partial charge in [0.15, 0.2) is 5.96 Å². The first kappa shape index (κ1) is 17.4. The van der Waals surface area contributed by atoms with E-state index in [4.69, 9.17) is 26.8 Å². The van der Waals surface area contributed by atoms with Crippen molar-refractivity contribution in [1.82, 2.24) is 0 Å². The van der Waals surface area contributed by atoms with Crippen LogP contribution in [0.1, 0.15) is 17.9 Å². The lowest BCUT2D eigenvalue weighted by molar-refractivity contribution is 0.405. The molecule has 1 aliphatic carbocycles. The monoisotopic (exact) mass is 363 g/mol. The fourth-order valence-electron chi connectivity index (χ4n) is 2.76. The molecule has 2 unspecified atom stereocenters. The predicted octanol–water partition coefficient (Wildman–Crippen LogP) is 3.78. The van der Waals surface area contributed by atoms with Gasteiger partial charge in [0.25, 0.3) is 0 Å². The highest BCUT2D eigenvalue weighted by atomic mass is 35.5. The molecule has 2 aromatic rings. The van der Waals surface area contributed by atoms with Gasteiger partial charge in [-0.25, -0.2) is 9.38 Å². The number of halogens is 2. The second kappa shape index (κ2) is 7.19. The Morgan fingerprint density at radius 2 is 2.08 bits per heavy atom. The Morgan fingerprint density at radius 3 is 2.76 bits per heavy atom. The molecule has 0 saturated heterocycles. The van der Waals surface area contributed by atoms with Gasteiger partial charge < -0.3 is 20.5 Å². The van der Waals surface area contributed by atoms with Gasteiger partial charge in [-0.05, 0) is 30.7 Å². The van der Waals surface area contributed by atoms with Crippen LogP contribution in [0.5, 0.6) is 11.5 Å². The molecule has 3 rings (SSSR count). The summed E-state index contributed by atoms with van der Waals surface area (Å²) in [4.78, 5) is 4.42. The molecule has 25 heavy (non-hydrogen) atoms. The molecular weight excluding hydrogens is 345 g/mol. The maximum Gasteiger partial charge on any atom is 0.193 e. The molecule has 0 bridgehead atoms. The minimum atomic E-state index is -0.309. The molecule has 1 saturated carbocycles. The van der Waals surface area contributed by atoms with Gasteiger partial charge in [0.05, 0.1) is 25.9 Å². The van der Waals surface area contributed by atoms with Crippen molar-refractivity contribution in [3.63, 3.8) is 0 Å². The van der Waals surface area contributed by atoms with E-state index in [1.54, 1.807) is 44.6 Å². The normalized spacial score (nSPS) is 19.4. The SMILES string of the molecule is COc1ccc(OC)c(NC(N)=NC2CC2c2c(F)cccc2Cl)c1. The van der Waals surface area contributed by atoms with E-state index in [1.807, 2.05) is 0 Å². The molecule has 0 aliphatic heterocycles. The zero-order valence-electron chi connectivity index (χ0n) is 13.9. The smallest absolute Gasteiger partial charge is 0.193 e. The number of ether oxygens (including phenoxy) is 2. The van der Waals surface area contributed by atoms with Crippen LogP contribution in [-0.4, -0.2) is 26.2 Å². The molecule has 1 fully saturated rings. The number of methoxy groups -OCH3 is 2. The number of hydrogen-bond donors (Lipinski definition) is 2. The fourth-order valence-corrected chi connectivity index (χ4v) is 3.06. The van der Waals surface area contributed by atoms with Crippen LogP contribution < -0.4 is 20.5 Å². The number of hydrogen-bond acceptors (Lipinski definition) is 3. The molecule has 0 heterocycles. The van der Waals surface area contributed by atoms with Crippen molar-refractivity contribution in [2.75, 3.05) is 19.5 Å². The van der Waals surface area contributed by atoms with Crippen molar-refractivity contribution < 1.29 is 13.9 Å². The average molecular weight is 364 g/mol. The fraction of sp³-hybridized carbons (Fsp3) is 0.278. The Hall–Kier alpha value is -2.47. The third kappa shape index (κ3) is 3.79. The summed E-state index contributed by atoms with van der Waals surface area (Å²) in [6.07, 6.45) is 0.707. The van der Waals surface area contributed by atoms with Crippen LogP contribution in [0, 0.1) is 5.82 Å². The molecule has 2 atom stereocenters. The van der Waals surface area contributed by atoms with E-state index in [0.29, 0.717) is 34.2 Å². The molecular formula is C18H19ClFN3O2. The Kier molecular flexibility index (Phi) is 4.99. The average Bonchev–Trinajstić information content (AvgIpc) is 3.33. The van der Waals surface area contributed by atoms with Gasteiger partial charge >= 0.3 is 0 Å². The van der Waals surface area contributed by atoms with Gasteiger partial charge in [-0.1, -0.05) is 17.7 Å². The van der Waals surface area contributed by atoms with Crippen molar-refractivity contribution in [2.24, 2.45) is 10.7 Å². The molecule has 2 aromatic carbocycles. The van der Waals surface area contributed by atoms with Crippen molar-refractivity contribution >= 4 is 23.2 Å². The molecule has 0 amide bonds. The van der Waals surface area contributed by atoms with Gasteiger partial charge in [-0.3, -0.25) is 0 Å². The third-order valence-corrected chi connectivity index (χ3v) is 4.43. The molecule has 0 aromatic heterocycles. The highest BCUT2D eigenvalue weighted by molar-refractivity contribution is 6.31. The molecule has 0 radical (unpaired) electrons. The van der Waals surface area contributed by atoms with E-state index >= 15 is 0 Å². The van der Waals surface area contributed by atoms with Crippen molar-refractivity contribution in [3.8, 4) is 11.5 Å². The van der Waals surface area contributed by atoms with Crippen LogP contribution in [0.25, 0.3) is 0 Å². The van der Waals surface area contributed by atoms with E-state index in [1.165, 1.54) is 6.07 Å². The summed E-state index contributed by atoms with van der Waals surface area (Å²) in [6.45, 7) is 0. The Morgan fingerprint density at radius 1 is 1.28 bits per heavy atom. The highest BCUT2D eigenvalue weighted by Crippen LogP contribution is 2.47. The van der Waals surface area contributed by atoms with Gasteiger partial charge in [-0.2, -0.15) is 0 Å². The summed E-state index contributed by atoms with van der Waals surface area (Å²) in [5.41, 5.74) is 7.14. The summed E-state index contributed by atoms with van der Waals surface area (Å²) in [5.74, 6) is 1.14. The van der Waals surface area contributed by atoms with Crippen LogP contribution in [0.4, 0.5) is 10.1 Å². The van der Waals surface area contributed by atoms with E-state index < -0.39 is 0 Å². The topological polar surface area (TPSA) is 68.9 Å². The van der Waals surface area contributed by atoms with Gasteiger partial charge in [0.2, 0.25) is 0 Å². The lowest BCUT2D eigenvalue weighted by Crippen LogP contribution is -2.23. The van der Waals surface area contributed by atoms with Gasteiger partial charge in [-0.15, -0.1) is 0 Å². The minimum absolute atomic E-state index is 0.0544. The summed E-state index contributed by atoms with van der Waals surface area (Å²) < 4.78 is 24.5. The zero-order valence-corrected chi connectivity index (χ0v) is 14.7. The second-order valence-corrected chi connectivity index (χ2v) is 6.16. The number of nitrogens with one attached hydrogen (secondary N) is 1. The molecule has 1 aliphatic rings. The van der Waals surface area contributed by atoms with Crippen molar-refractivity contribution in [2.45, 2.75) is 18.4 Å². The highest BCUT2D eigenvalue weighted by Gasteiger charge is 2.41. The van der Waals surface area contributed by atoms with Gasteiger partial charge in [0.1, 0.15) is 17.3 Å². The van der Waals surface area contributed by atoms with Crippen LogP contribution in [0.2, 0.25) is 5.02 Å². The zero-order chi connectivity index (χ0) is 18.0. The van der Waals surface area contributed by atoms with E-state index in [2.05, 4.69) is 10.3 Å². The Balaban J connectivity index is 1.74. The lowest BCUT2D eigenvalue weighted by atomic mass is 10.1. The van der Waals surface area contributed by atoms with Gasteiger partial charge in [0, 0.05) is 22.6 Å². The predicted molar refractivity (Wildman–Crippen MR) is 97.3 cm³/mol. The number of rotatable bonds is 5. The summed E-state index contributed by atoms with van der Waals surface area (Å²) in [5, 5.41) is 3.42. The van der Waals surface area contributed by atoms with Crippen LogP contribution in [-0.2, 0) is 0 Å². The molecule has 5 nitrogen and oxygen atoms in total. The first-order valence-corrected chi connectivity index (χ1v) is 8.17. The Labute approximate surface area is 150 Å². The number of anilines is 1. The van der Waals surface area contributed by atoms with E-state index in [9.17, 15) is 4.39 Å². The number of benzene rings is 2. The number of nitrogens with zero attached hydrogens (tertiary/aromatic N) is 1. The minimum Gasteiger partial charge on any atom is -0.497 e. The summed E-state index contributed by atoms with van der Waals surface area (Å²) in [7, 11) is 3.15. The lowest BCUT2D eigenvalue weighted by Gasteiger charge is -2.12. The quantitative estimate of drug-likeness (QED) is 0.626. The molecule has 132 valence electrons. The first-order valence-electron chi connectivity index (χ1n) is 7.79. The van der Waals surface area contributed by atoms with E-state index in [0.717, 1.165) is 0 Å². The van der Waals surface area contributed by atoms with Crippen molar-refractivity contribution in [1.29, 1.82) is 0 Å². The summed E-state index contributed by atoms with van der Waals surface area (Å²) >= 11 is 6.10. The maximum atomic E-state index is 14.0. The van der Waals surface area contributed by atoms with Crippen LogP contribution in [0.3, 0.4) is 0 Å². The third-order valence-electron chi connectivity index (χ3n) is 4.10. The van der Waals surface area contributed by atoms with E-state index in [-0.39, 0.29) is 23.7 Å².